The third-order valence-corrected chi connectivity index (χ3v) is 3.10. The molecule has 9 heavy (non-hydrogen) atoms. The molecule has 0 spiro atoms. The topological polar surface area (TPSA) is 12.0 Å². The van der Waals surface area contributed by atoms with Gasteiger partial charge in [-0.15, -0.1) is 13.2 Å². The van der Waals surface area contributed by atoms with Crippen molar-refractivity contribution in [1.82, 2.24) is 4.98 Å². The summed E-state index contributed by atoms with van der Waals surface area (Å²) in [5.74, 6) is 0. The van der Waals surface area contributed by atoms with Gasteiger partial charge in [0.1, 0.15) is 0 Å². The van der Waals surface area contributed by atoms with Crippen LogP contribution in [0.25, 0.3) is 0 Å². The Bertz CT molecular complexity index is 91.1. The highest BCUT2D eigenvalue weighted by molar-refractivity contribution is 6.66. The third-order valence-electron chi connectivity index (χ3n) is 1.03. The molecule has 0 aromatic carbocycles. The fourth-order valence-electron chi connectivity index (χ4n) is 0.617. The second kappa shape index (κ2) is 4.53. The highest BCUT2D eigenvalue weighted by Crippen LogP contribution is 1.83. The van der Waals surface area contributed by atoms with E-state index < -0.39 is 8.96 Å². The number of hydrogen-bond donors (Lipinski definition) is 1. The molecule has 0 fully saturated rings. The van der Waals surface area contributed by atoms with E-state index in [4.69, 9.17) is 0 Å². The van der Waals surface area contributed by atoms with Gasteiger partial charge in [0, 0.05) is 0 Å². The monoisotopic (exact) mass is 141 g/mol. The molecule has 0 amide bonds. The standard InChI is InChI=1S/C7H15NSi/c1-5-9(6-2)8-7(3)4/h5-9H,1-2H2,3-4H3. The predicted molar refractivity (Wildman–Crippen MR) is 45.8 cm³/mol. The van der Waals surface area contributed by atoms with Crippen LogP contribution in [0.15, 0.2) is 24.6 Å². The first-order chi connectivity index (χ1) is 4.20. The maximum atomic E-state index is 3.71. The summed E-state index contributed by atoms with van der Waals surface area (Å²) in [6.07, 6.45) is 0. The zero-order valence-corrected chi connectivity index (χ0v) is 7.38. The van der Waals surface area contributed by atoms with Crippen molar-refractivity contribution >= 4 is 8.96 Å². The van der Waals surface area contributed by atoms with Gasteiger partial charge in [0.05, 0.1) is 0 Å². The lowest BCUT2D eigenvalue weighted by Gasteiger charge is -2.10. The Balaban J connectivity index is 3.55. The smallest absolute Gasteiger partial charge is 0.157 e. The van der Waals surface area contributed by atoms with Crippen LogP contribution in [0.4, 0.5) is 0 Å². The average Bonchev–Trinajstić information content (AvgIpc) is 1.82. The van der Waals surface area contributed by atoms with Crippen LogP contribution in [-0.2, 0) is 0 Å². The van der Waals surface area contributed by atoms with E-state index in [1.165, 1.54) is 0 Å². The van der Waals surface area contributed by atoms with Gasteiger partial charge in [0.2, 0.25) is 0 Å². The van der Waals surface area contributed by atoms with Crippen LogP contribution in [0.2, 0.25) is 0 Å². The molecule has 1 nitrogen and oxygen atoms in total. The van der Waals surface area contributed by atoms with E-state index in [9.17, 15) is 0 Å². The van der Waals surface area contributed by atoms with E-state index in [0.29, 0.717) is 6.04 Å². The van der Waals surface area contributed by atoms with E-state index >= 15 is 0 Å². The van der Waals surface area contributed by atoms with E-state index in [0.717, 1.165) is 0 Å². The summed E-state index contributed by atoms with van der Waals surface area (Å²) in [7, 11) is -0.972. The minimum Gasteiger partial charge on any atom is -0.331 e. The van der Waals surface area contributed by atoms with Crippen LogP contribution < -0.4 is 4.98 Å². The Hall–Kier alpha value is -0.343. The van der Waals surface area contributed by atoms with E-state index in [1.807, 2.05) is 11.4 Å². The molecule has 2 heteroatoms. The average molecular weight is 141 g/mol. The molecule has 0 aromatic heterocycles. The summed E-state index contributed by atoms with van der Waals surface area (Å²) < 4.78 is 0. The first kappa shape index (κ1) is 8.66. The van der Waals surface area contributed by atoms with E-state index in [1.54, 1.807) is 0 Å². The molecule has 0 atom stereocenters. The van der Waals surface area contributed by atoms with Gasteiger partial charge in [0.25, 0.3) is 0 Å². The SMILES string of the molecule is C=C[SiH](C=C)NC(C)C. The molecular weight excluding hydrogens is 126 g/mol. The molecule has 0 aromatic rings. The summed E-state index contributed by atoms with van der Waals surface area (Å²) >= 11 is 0. The van der Waals surface area contributed by atoms with Crippen molar-refractivity contribution in [1.29, 1.82) is 0 Å². The zero-order valence-electron chi connectivity index (χ0n) is 6.22. The van der Waals surface area contributed by atoms with Gasteiger partial charge >= 0.3 is 0 Å². The molecule has 0 saturated carbocycles. The summed E-state index contributed by atoms with van der Waals surface area (Å²) in [5, 5.41) is 0. The van der Waals surface area contributed by atoms with Gasteiger partial charge in [0.15, 0.2) is 8.96 Å². The molecule has 52 valence electrons. The molecule has 0 aliphatic carbocycles. The van der Waals surface area contributed by atoms with Crippen molar-refractivity contribution in [3.8, 4) is 0 Å². The van der Waals surface area contributed by atoms with Gasteiger partial charge in [-0.05, 0) is 6.04 Å². The minimum atomic E-state index is -0.972. The predicted octanol–water partition coefficient (Wildman–Crippen LogP) is 1.16. The van der Waals surface area contributed by atoms with Gasteiger partial charge < -0.3 is 4.98 Å². The van der Waals surface area contributed by atoms with Crippen LogP contribution in [0.1, 0.15) is 13.8 Å². The largest absolute Gasteiger partial charge is 0.331 e. The van der Waals surface area contributed by atoms with Crippen LogP contribution in [-0.4, -0.2) is 15.0 Å². The molecule has 0 aliphatic rings. The molecule has 0 radical (unpaired) electrons. The Morgan fingerprint density at radius 2 is 1.78 bits per heavy atom. The third kappa shape index (κ3) is 4.18. The molecular formula is C7H15NSi. The second-order valence-corrected chi connectivity index (χ2v) is 4.65. The van der Waals surface area contributed by atoms with Crippen molar-refractivity contribution in [3.63, 3.8) is 0 Å². The normalized spacial score (nSPS) is 10.2. The molecule has 0 aliphatic heterocycles. The Morgan fingerprint density at radius 1 is 1.33 bits per heavy atom. The Labute approximate surface area is 59.2 Å². The van der Waals surface area contributed by atoms with Crippen molar-refractivity contribution < 1.29 is 0 Å². The number of rotatable bonds is 4. The number of nitrogens with one attached hydrogen (secondary N) is 1. The summed E-state index contributed by atoms with van der Waals surface area (Å²) in [5.41, 5.74) is 3.96. The molecule has 0 bridgehead atoms. The molecule has 0 saturated heterocycles. The fraction of sp³-hybridized carbons (Fsp3) is 0.429. The number of hydrogen-bond acceptors (Lipinski definition) is 1. The zero-order chi connectivity index (χ0) is 7.28. The van der Waals surface area contributed by atoms with Crippen molar-refractivity contribution in [2.45, 2.75) is 19.9 Å². The molecule has 1 N–H and O–H groups in total. The lowest BCUT2D eigenvalue weighted by molar-refractivity contribution is 0.750. The summed E-state index contributed by atoms with van der Waals surface area (Å²) in [6.45, 7) is 11.7. The molecule has 0 unspecified atom stereocenters. The van der Waals surface area contributed by atoms with Crippen LogP contribution in [0.5, 0.6) is 0 Å². The fourth-order valence-corrected chi connectivity index (χ4v) is 1.85. The van der Waals surface area contributed by atoms with Gasteiger partial charge in [-0.3, -0.25) is 0 Å². The maximum absolute atomic E-state index is 3.71. The van der Waals surface area contributed by atoms with Crippen molar-refractivity contribution in [2.75, 3.05) is 0 Å². The van der Waals surface area contributed by atoms with Crippen molar-refractivity contribution in [3.05, 3.63) is 24.6 Å². The molecule has 0 heterocycles. The summed E-state index contributed by atoms with van der Waals surface area (Å²) in [4.78, 5) is 3.38. The Kier molecular flexibility index (Phi) is 4.36. The Morgan fingerprint density at radius 3 is 1.89 bits per heavy atom. The van der Waals surface area contributed by atoms with Crippen molar-refractivity contribution in [2.24, 2.45) is 0 Å². The van der Waals surface area contributed by atoms with E-state index in [-0.39, 0.29) is 0 Å². The lowest BCUT2D eigenvalue weighted by Crippen LogP contribution is -2.35. The molecule has 0 rings (SSSR count). The van der Waals surface area contributed by atoms with Gasteiger partial charge in [-0.1, -0.05) is 25.2 Å². The van der Waals surface area contributed by atoms with Crippen LogP contribution in [0.3, 0.4) is 0 Å². The van der Waals surface area contributed by atoms with E-state index in [2.05, 4.69) is 32.0 Å². The van der Waals surface area contributed by atoms with Gasteiger partial charge in [-0.2, -0.15) is 0 Å². The second-order valence-electron chi connectivity index (χ2n) is 2.32. The van der Waals surface area contributed by atoms with Gasteiger partial charge in [-0.25, -0.2) is 0 Å². The minimum absolute atomic E-state index is 0.553. The summed E-state index contributed by atoms with van der Waals surface area (Å²) in [6, 6.07) is 0.553. The van der Waals surface area contributed by atoms with Crippen LogP contribution in [0, 0.1) is 0 Å². The lowest BCUT2D eigenvalue weighted by atomic mass is 10.4. The first-order valence-electron chi connectivity index (χ1n) is 3.22. The highest BCUT2D eigenvalue weighted by Gasteiger charge is 2.00. The maximum Gasteiger partial charge on any atom is 0.157 e. The highest BCUT2D eigenvalue weighted by atomic mass is 28.3. The van der Waals surface area contributed by atoms with Crippen LogP contribution >= 0.6 is 0 Å². The first-order valence-corrected chi connectivity index (χ1v) is 5.13. The quantitative estimate of drug-likeness (QED) is 0.579.